The lowest BCUT2D eigenvalue weighted by atomic mass is 10.2. The fraction of sp³-hybridized carbons (Fsp3) is 0. The smallest absolute Gasteiger partial charge is 0.288 e. The number of carbonyl (C=O) groups is 1. The molecule has 0 aliphatic rings. The van der Waals surface area contributed by atoms with E-state index in [1.54, 1.807) is 18.2 Å². The van der Waals surface area contributed by atoms with E-state index in [-0.39, 0.29) is 21.4 Å². The van der Waals surface area contributed by atoms with Gasteiger partial charge in [-0.25, -0.2) is 4.98 Å². The SMILES string of the molecule is O=C(NC(=S)Nc1nc2ccc(Cl)cc2s1)c1ccc(Cl)c([N+](=O)[O-])c1. The molecule has 0 saturated carbocycles. The van der Waals surface area contributed by atoms with Gasteiger partial charge in [0.05, 0.1) is 15.1 Å². The first-order chi connectivity index (χ1) is 12.3. The number of anilines is 1. The maximum Gasteiger partial charge on any atom is 0.288 e. The van der Waals surface area contributed by atoms with E-state index < -0.39 is 10.8 Å². The summed E-state index contributed by atoms with van der Waals surface area (Å²) in [4.78, 5) is 26.8. The van der Waals surface area contributed by atoms with Crippen LogP contribution in [0.15, 0.2) is 36.4 Å². The van der Waals surface area contributed by atoms with Gasteiger partial charge < -0.3 is 5.32 Å². The number of fused-ring (bicyclic) bond motifs is 1. The summed E-state index contributed by atoms with van der Waals surface area (Å²) in [6, 6.07) is 9.00. The minimum absolute atomic E-state index is 0.0118. The molecular weight excluding hydrogens is 419 g/mol. The molecule has 0 saturated heterocycles. The zero-order valence-electron chi connectivity index (χ0n) is 12.7. The molecule has 0 bridgehead atoms. The second kappa shape index (κ2) is 7.50. The quantitative estimate of drug-likeness (QED) is 0.359. The van der Waals surface area contributed by atoms with Gasteiger partial charge in [-0.2, -0.15) is 0 Å². The van der Waals surface area contributed by atoms with Gasteiger partial charge in [0.15, 0.2) is 10.2 Å². The van der Waals surface area contributed by atoms with Gasteiger partial charge in [0, 0.05) is 16.7 Å². The molecule has 0 fully saturated rings. The van der Waals surface area contributed by atoms with Crippen molar-refractivity contribution in [3.63, 3.8) is 0 Å². The lowest BCUT2D eigenvalue weighted by Crippen LogP contribution is -2.34. The van der Waals surface area contributed by atoms with Gasteiger partial charge in [-0.05, 0) is 42.5 Å². The van der Waals surface area contributed by atoms with Gasteiger partial charge in [-0.3, -0.25) is 20.2 Å². The molecule has 1 aromatic heterocycles. The molecular formula is C15H8Cl2N4O3S2. The van der Waals surface area contributed by atoms with E-state index in [9.17, 15) is 14.9 Å². The molecule has 0 aliphatic carbocycles. The maximum absolute atomic E-state index is 12.2. The van der Waals surface area contributed by atoms with Gasteiger partial charge in [-0.1, -0.05) is 34.5 Å². The fourth-order valence-electron chi connectivity index (χ4n) is 2.05. The number of nitrogens with zero attached hydrogens (tertiary/aromatic N) is 2. The number of nitro benzene ring substituents is 1. The molecule has 132 valence electrons. The third-order valence-electron chi connectivity index (χ3n) is 3.20. The molecule has 3 aromatic rings. The minimum atomic E-state index is -0.665. The molecule has 1 amide bonds. The van der Waals surface area contributed by atoms with Crippen LogP contribution in [0.5, 0.6) is 0 Å². The van der Waals surface area contributed by atoms with E-state index in [4.69, 9.17) is 35.4 Å². The van der Waals surface area contributed by atoms with Crippen LogP contribution in [0.1, 0.15) is 10.4 Å². The van der Waals surface area contributed by atoms with Gasteiger partial charge in [0.2, 0.25) is 0 Å². The molecule has 7 nitrogen and oxygen atoms in total. The minimum Gasteiger partial charge on any atom is -0.308 e. The second-order valence-electron chi connectivity index (χ2n) is 4.96. The van der Waals surface area contributed by atoms with E-state index in [2.05, 4.69) is 15.6 Å². The highest BCUT2D eigenvalue weighted by Crippen LogP contribution is 2.28. The van der Waals surface area contributed by atoms with Crippen molar-refractivity contribution >= 4 is 78.8 Å². The van der Waals surface area contributed by atoms with Crippen LogP contribution in [0.2, 0.25) is 10.0 Å². The number of nitro groups is 1. The van der Waals surface area contributed by atoms with Crippen LogP contribution in [0, 0.1) is 10.1 Å². The topological polar surface area (TPSA) is 97.2 Å². The lowest BCUT2D eigenvalue weighted by Gasteiger charge is -2.07. The largest absolute Gasteiger partial charge is 0.308 e. The Labute approximate surface area is 166 Å². The number of aromatic nitrogens is 1. The maximum atomic E-state index is 12.2. The summed E-state index contributed by atoms with van der Waals surface area (Å²) in [7, 11) is 0. The highest BCUT2D eigenvalue weighted by molar-refractivity contribution is 7.80. The zero-order chi connectivity index (χ0) is 18.8. The predicted molar refractivity (Wildman–Crippen MR) is 106 cm³/mol. The van der Waals surface area contributed by atoms with Crippen molar-refractivity contribution in [3.05, 3.63) is 62.1 Å². The zero-order valence-corrected chi connectivity index (χ0v) is 15.8. The van der Waals surface area contributed by atoms with Crippen molar-refractivity contribution in [2.75, 3.05) is 5.32 Å². The molecule has 1 heterocycles. The number of carbonyl (C=O) groups excluding carboxylic acids is 1. The second-order valence-corrected chi connectivity index (χ2v) is 7.25. The number of amides is 1. The number of rotatable bonds is 3. The third kappa shape index (κ3) is 4.07. The van der Waals surface area contributed by atoms with Crippen molar-refractivity contribution < 1.29 is 9.72 Å². The van der Waals surface area contributed by atoms with Crippen molar-refractivity contribution in [1.29, 1.82) is 0 Å². The van der Waals surface area contributed by atoms with Crippen molar-refractivity contribution in [2.45, 2.75) is 0 Å². The highest BCUT2D eigenvalue weighted by atomic mass is 35.5. The summed E-state index contributed by atoms with van der Waals surface area (Å²) < 4.78 is 0.863. The number of hydrogen-bond donors (Lipinski definition) is 2. The molecule has 0 radical (unpaired) electrons. The number of nitrogens with one attached hydrogen (secondary N) is 2. The van der Waals surface area contributed by atoms with Crippen LogP contribution in [0.3, 0.4) is 0 Å². The Hall–Kier alpha value is -2.33. The first-order valence-electron chi connectivity index (χ1n) is 6.96. The summed E-state index contributed by atoms with van der Waals surface area (Å²) in [5.74, 6) is -0.605. The van der Waals surface area contributed by atoms with Crippen LogP contribution in [-0.4, -0.2) is 20.9 Å². The van der Waals surface area contributed by atoms with E-state index in [1.165, 1.54) is 23.5 Å². The van der Waals surface area contributed by atoms with E-state index >= 15 is 0 Å². The summed E-state index contributed by atoms with van der Waals surface area (Å²) in [6.45, 7) is 0. The summed E-state index contributed by atoms with van der Waals surface area (Å²) in [5.41, 5.74) is 0.437. The summed E-state index contributed by atoms with van der Waals surface area (Å²) in [5, 5.41) is 17.2. The van der Waals surface area contributed by atoms with Gasteiger partial charge in [-0.15, -0.1) is 0 Å². The normalized spacial score (nSPS) is 10.5. The van der Waals surface area contributed by atoms with Crippen molar-refractivity contribution in [2.24, 2.45) is 0 Å². The molecule has 26 heavy (non-hydrogen) atoms. The number of benzene rings is 2. The molecule has 0 aliphatic heterocycles. The Balaban J connectivity index is 1.71. The summed E-state index contributed by atoms with van der Waals surface area (Å²) in [6.07, 6.45) is 0. The third-order valence-corrected chi connectivity index (χ3v) is 4.90. The number of thiazole rings is 1. The monoisotopic (exact) mass is 426 g/mol. The number of thiocarbonyl (C=S) groups is 1. The average molecular weight is 427 g/mol. The van der Waals surface area contributed by atoms with Crippen LogP contribution in [0.25, 0.3) is 10.2 Å². The molecule has 0 atom stereocenters. The van der Waals surface area contributed by atoms with Crippen LogP contribution in [-0.2, 0) is 0 Å². The average Bonchev–Trinajstić information content (AvgIpc) is 2.95. The fourth-order valence-corrected chi connectivity index (χ4v) is 3.64. The molecule has 0 spiro atoms. The predicted octanol–water partition coefficient (Wildman–Crippen LogP) is 4.64. The Morgan fingerprint density at radius 3 is 2.73 bits per heavy atom. The van der Waals surface area contributed by atoms with Crippen molar-refractivity contribution in [1.82, 2.24) is 10.3 Å². The van der Waals surface area contributed by atoms with Crippen LogP contribution < -0.4 is 10.6 Å². The number of hydrogen-bond acceptors (Lipinski definition) is 6. The number of halogens is 2. The van der Waals surface area contributed by atoms with Crippen molar-refractivity contribution in [3.8, 4) is 0 Å². The first-order valence-corrected chi connectivity index (χ1v) is 8.94. The molecule has 11 heteroatoms. The van der Waals surface area contributed by atoms with Gasteiger partial charge in [0.1, 0.15) is 5.02 Å². The van der Waals surface area contributed by atoms with Gasteiger partial charge >= 0.3 is 0 Å². The standard InChI is InChI=1S/C15H8Cl2N4O3S2/c16-8-2-4-10-12(6-8)26-15(18-10)20-14(25)19-13(22)7-1-3-9(17)11(5-7)21(23)24/h1-6H,(H2,18,19,20,22,25). The van der Waals surface area contributed by atoms with Crippen LogP contribution in [0.4, 0.5) is 10.8 Å². The molecule has 2 N–H and O–H groups in total. The van der Waals surface area contributed by atoms with E-state index in [0.717, 1.165) is 16.3 Å². The van der Waals surface area contributed by atoms with E-state index in [1.807, 2.05) is 0 Å². The Morgan fingerprint density at radius 2 is 2.00 bits per heavy atom. The first kappa shape index (κ1) is 18.5. The molecule has 3 rings (SSSR count). The highest BCUT2D eigenvalue weighted by Gasteiger charge is 2.17. The summed E-state index contributed by atoms with van der Waals surface area (Å²) >= 11 is 18.1. The van der Waals surface area contributed by atoms with E-state index in [0.29, 0.717) is 10.2 Å². The Morgan fingerprint density at radius 1 is 1.23 bits per heavy atom. The molecule has 0 unspecified atom stereocenters. The Bertz CT molecular complexity index is 1050. The lowest BCUT2D eigenvalue weighted by molar-refractivity contribution is -0.384. The van der Waals surface area contributed by atoms with Crippen LogP contribution >= 0.6 is 46.8 Å². The van der Waals surface area contributed by atoms with Gasteiger partial charge in [0.25, 0.3) is 11.6 Å². The molecule has 2 aromatic carbocycles. The Kier molecular flexibility index (Phi) is 5.33.